The van der Waals surface area contributed by atoms with E-state index in [4.69, 9.17) is 4.74 Å². The molecular formula is C24H24N4O5. The van der Waals surface area contributed by atoms with Crippen molar-refractivity contribution >= 4 is 34.2 Å². The van der Waals surface area contributed by atoms with Gasteiger partial charge in [0.2, 0.25) is 0 Å². The van der Waals surface area contributed by atoms with Crippen LogP contribution in [0.25, 0.3) is 10.9 Å². The molecule has 1 fully saturated rings. The molecule has 3 aromatic rings. The first kappa shape index (κ1) is 21.0. The zero-order chi connectivity index (χ0) is 23.1. The summed E-state index contributed by atoms with van der Waals surface area (Å²) in [6.45, 7) is 2.44. The molecule has 33 heavy (non-hydrogen) atoms. The number of rotatable bonds is 4. The van der Waals surface area contributed by atoms with Crippen molar-refractivity contribution in [2.75, 3.05) is 31.6 Å². The number of nitro groups is 1. The summed E-state index contributed by atoms with van der Waals surface area (Å²) in [5.74, 6) is -0.656. The van der Waals surface area contributed by atoms with Gasteiger partial charge in [-0.25, -0.2) is 4.79 Å². The van der Waals surface area contributed by atoms with Crippen molar-refractivity contribution in [1.82, 2.24) is 9.88 Å². The summed E-state index contributed by atoms with van der Waals surface area (Å²) in [5, 5.41) is 12.6. The zero-order valence-electron chi connectivity index (χ0n) is 18.3. The molecule has 1 aromatic heterocycles. The Morgan fingerprint density at radius 1 is 1.06 bits per heavy atom. The van der Waals surface area contributed by atoms with Crippen molar-refractivity contribution in [1.29, 1.82) is 0 Å². The number of esters is 1. The minimum Gasteiger partial charge on any atom is -0.465 e. The highest BCUT2D eigenvalue weighted by atomic mass is 16.6. The summed E-state index contributed by atoms with van der Waals surface area (Å²) in [6, 6.07) is 10.1. The van der Waals surface area contributed by atoms with Gasteiger partial charge in [0.15, 0.2) is 0 Å². The third-order valence-electron chi connectivity index (χ3n) is 6.55. The van der Waals surface area contributed by atoms with Crippen molar-refractivity contribution in [2.24, 2.45) is 0 Å². The lowest BCUT2D eigenvalue weighted by Gasteiger charge is -2.27. The molecule has 0 saturated carbocycles. The number of hydrogen-bond donors (Lipinski definition) is 1. The van der Waals surface area contributed by atoms with Crippen molar-refractivity contribution in [3.63, 3.8) is 0 Å². The van der Waals surface area contributed by atoms with Gasteiger partial charge in [-0.05, 0) is 43.2 Å². The molecule has 3 heterocycles. The molecule has 1 amide bonds. The minimum atomic E-state index is -0.416. The Morgan fingerprint density at radius 3 is 2.55 bits per heavy atom. The van der Waals surface area contributed by atoms with Crippen molar-refractivity contribution in [3.8, 4) is 0 Å². The monoisotopic (exact) mass is 448 g/mol. The van der Waals surface area contributed by atoms with Gasteiger partial charge in [-0.3, -0.25) is 14.9 Å². The van der Waals surface area contributed by atoms with Gasteiger partial charge in [0.25, 0.3) is 11.6 Å². The van der Waals surface area contributed by atoms with E-state index in [1.165, 1.54) is 13.2 Å². The molecule has 170 valence electrons. The van der Waals surface area contributed by atoms with Crippen LogP contribution in [0.1, 0.15) is 44.8 Å². The lowest BCUT2D eigenvalue weighted by Crippen LogP contribution is -2.35. The summed E-state index contributed by atoms with van der Waals surface area (Å²) in [6.07, 6.45) is 2.66. The van der Waals surface area contributed by atoms with Crippen molar-refractivity contribution in [2.45, 2.75) is 25.8 Å². The van der Waals surface area contributed by atoms with Crippen molar-refractivity contribution < 1.29 is 19.2 Å². The lowest BCUT2D eigenvalue weighted by atomic mass is 10.0. The largest absolute Gasteiger partial charge is 0.465 e. The summed E-state index contributed by atoms with van der Waals surface area (Å²) in [4.78, 5) is 43.7. The Morgan fingerprint density at radius 2 is 1.82 bits per heavy atom. The second kappa shape index (κ2) is 8.23. The minimum absolute atomic E-state index is 0.0322. The van der Waals surface area contributed by atoms with E-state index in [0.717, 1.165) is 48.1 Å². The lowest BCUT2D eigenvalue weighted by molar-refractivity contribution is -0.384. The van der Waals surface area contributed by atoms with E-state index in [1.807, 2.05) is 11.0 Å². The highest BCUT2D eigenvalue weighted by Gasteiger charge is 2.28. The number of carbonyl (C=O) groups is 2. The third kappa shape index (κ3) is 3.69. The topological polar surface area (TPSA) is 109 Å². The SMILES string of the molecule is COC(=O)c1ccc2[nH]c3c(c2c1)CN(C(=O)c1ccc(N2CCCC2)c([N+](=O)[O-])c1)CC3. The molecule has 0 bridgehead atoms. The molecule has 0 unspecified atom stereocenters. The first-order chi connectivity index (χ1) is 16.0. The molecule has 1 N–H and O–H groups in total. The summed E-state index contributed by atoms with van der Waals surface area (Å²) in [7, 11) is 1.34. The van der Waals surface area contributed by atoms with Crippen LogP contribution in [0.4, 0.5) is 11.4 Å². The molecule has 0 spiro atoms. The third-order valence-corrected chi connectivity index (χ3v) is 6.55. The normalized spacial score (nSPS) is 15.5. The predicted molar refractivity (Wildman–Crippen MR) is 123 cm³/mol. The van der Waals surface area contributed by atoms with Crippen LogP contribution in [0.15, 0.2) is 36.4 Å². The van der Waals surface area contributed by atoms with Crippen LogP contribution in [-0.4, -0.2) is 53.4 Å². The fraction of sp³-hybridized carbons (Fsp3) is 0.333. The Kier molecular flexibility index (Phi) is 5.24. The number of aromatic nitrogens is 1. The number of anilines is 1. The number of nitrogens with one attached hydrogen (secondary N) is 1. The fourth-order valence-electron chi connectivity index (χ4n) is 4.84. The van der Waals surface area contributed by atoms with Gasteiger partial charge < -0.3 is 19.5 Å². The molecule has 0 radical (unpaired) electrons. The summed E-state index contributed by atoms with van der Waals surface area (Å²) in [5.41, 5.74) is 4.18. The fourth-order valence-corrected chi connectivity index (χ4v) is 4.84. The molecule has 2 aromatic carbocycles. The molecule has 0 atom stereocenters. The van der Waals surface area contributed by atoms with Crippen LogP contribution in [0.5, 0.6) is 0 Å². The quantitative estimate of drug-likeness (QED) is 0.371. The van der Waals surface area contributed by atoms with Crippen LogP contribution in [0.3, 0.4) is 0 Å². The number of ether oxygens (including phenoxy) is 1. The maximum absolute atomic E-state index is 13.3. The Hall–Kier alpha value is -3.88. The summed E-state index contributed by atoms with van der Waals surface area (Å²) >= 11 is 0. The highest BCUT2D eigenvalue weighted by Crippen LogP contribution is 2.33. The number of benzene rings is 2. The number of methoxy groups -OCH3 is 1. The van der Waals surface area contributed by atoms with Gasteiger partial charge in [0, 0.05) is 66.4 Å². The zero-order valence-corrected chi connectivity index (χ0v) is 18.3. The van der Waals surface area contributed by atoms with Gasteiger partial charge in [0.1, 0.15) is 5.69 Å². The van der Waals surface area contributed by atoms with E-state index in [2.05, 4.69) is 4.98 Å². The number of H-pyrrole nitrogens is 1. The number of fused-ring (bicyclic) bond motifs is 3. The number of amides is 1. The predicted octanol–water partition coefficient (Wildman–Crippen LogP) is 3.66. The maximum atomic E-state index is 13.3. The molecule has 2 aliphatic rings. The number of hydrogen-bond acceptors (Lipinski definition) is 6. The Bertz CT molecular complexity index is 1280. The van der Waals surface area contributed by atoms with E-state index in [0.29, 0.717) is 36.3 Å². The van der Waals surface area contributed by atoms with Crippen LogP contribution < -0.4 is 4.90 Å². The first-order valence-electron chi connectivity index (χ1n) is 11.0. The Balaban J connectivity index is 1.44. The Labute approximate surface area is 190 Å². The van der Waals surface area contributed by atoms with Crippen LogP contribution in [-0.2, 0) is 17.7 Å². The number of nitrogens with zero attached hydrogens (tertiary/aromatic N) is 3. The average Bonchev–Trinajstić information content (AvgIpc) is 3.50. The van der Waals surface area contributed by atoms with Crippen LogP contribution in [0, 0.1) is 10.1 Å². The molecule has 9 heteroatoms. The van der Waals surface area contributed by atoms with E-state index in [-0.39, 0.29) is 11.6 Å². The highest BCUT2D eigenvalue weighted by molar-refractivity contribution is 5.98. The van der Waals surface area contributed by atoms with Gasteiger partial charge >= 0.3 is 5.97 Å². The van der Waals surface area contributed by atoms with Gasteiger partial charge in [0.05, 0.1) is 17.6 Å². The van der Waals surface area contributed by atoms with E-state index in [1.54, 1.807) is 29.2 Å². The number of nitro benzene ring substituents is 1. The van der Waals surface area contributed by atoms with Gasteiger partial charge in [-0.1, -0.05) is 0 Å². The molecule has 5 rings (SSSR count). The number of carbonyl (C=O) groups excluding carboxylic acids is 2. The van der Waals surface area contributed by atoms with Crippen LogP contribution in [0.2, 0.25) is 0 Å². The maximum Gasteiger partial charge on any atom is 0.337 e. The summed E-state index contributed by atoms with van der Waals surface area (Å²) < 4.78 is 4.83. The standard InChI is InChI=1S/C24H24N4O5/c1-33-24(30)16-4-6-19-17(12-16)18-14-27(11-8-20(18)25-19)23(29)15-5-7-21(22(13-15)28(31)32)26-9-2-3-10-26/h4-7,12-13,25H,2-3,8-11,14H2,1H3. The molecular weight excluding hydrogens is 424 g/mol. The van der Waals surface area contributed by atoms with E-state index in [9.17, 15) is 19.7 Å². The first-order valence-corrected chi connectivity index (χ1v) is 11.0. The smallest absolute Gasteiger partial charge is 0.337 e. The second-order valence-electron chi connectivity index (χ2n) is 8.47. The molecule has 2 aliphatic heterocycles. The van der Waals surface area contributed by atoms with Gasteiger partial charge in [-0.2, -0.15) is 0 Å². The van der Waals surface area contributed by atoms with E-state index >= 15 is 0 Å². The number of aromatic amines is 1. The van der Waals surface area contributed by atoms with E-state index < -0.39 is 10.9 Å². The van der Waals surface area contributed by atoms with Crippen LogP contribution >= 0.6 is 0 Å². The molecule has 1 saturated heterocycles. The van der Waals surface area contributed by atoms with Crippen molar-refractivity contribution in [3.05, 3.63) is 68.9 Å². The van der Waals surface area contributed by atoms with Gasteiger partial charge in [-0.15, -0.1) is 0 Å². The second-order valence-corrected chi connectivity index (χ2v) is 8.47. The average molecular weight is 448 g/mol. The molecule has 0 aliphatic carbocycles. The molecule has 9 nitrogen and oxygen atoms in total.